The first-order valence-electron chi connectivity index (χ1n) is 5.67. The zero-order valence-electron chi connectivity index (χ0n) is 10.2. The van der Waals surface area contributed by atoms with E-state index in [2.05, 4.69) is 10.2 Å². The maximum atomic E-state index is 12.3. The lowest BCUT2D eigenvalue weighted by Crippen LogP contribution is -2.20. The van der Waals surface area contributed by atoms with E-state index in [-0.39, 0.29) is 5.56 Å². The molecule has 0 aliphatic carbocycles. The Morgan fingerprint density at radius 3 is 2.44 bits per heavy atom. The van der Waals surface area contributed by atoms with Crippen LogP contribution in [0, 0.1) is 13.8 Å². The molecule has 3 rings (SSSR count). The first kappa shape index (κ1) is 10.7. The number of aryl methyl sites for hydroxylation is 2. The molecular weight excluding hydrogens is 228 g/mol. The molecule has 0 unspecified atom stereocenters. The highest BCUT2D eigenvalue weighted by molar-refractivity contribution is 5.41. The summed E-state index contributed by atoms with van der Waals surface area (Å²) < 4.78 is 3.26. The Kier molecular flexibility index (Phi) is 2.26. The number of benzene rings is 1. The van der Waals surface area contributed by atoms with E-state index in [4.69, 9.17) is 0 Å². The summed E-state index contributed by atoms with van der Waals surface area (Å²) in [6.07, 6.45) is 3.53. The minimum Gasteiger partial charge on any atom is -0.281 e. The van der Waals surface area contributed by atoms with Gasteiger partial charge in [0.05, 0.1) is 0 Å². The summed E-state index contributed by atoms with van der Waals surface area (Å²) in [4.78, 5) is 12.3. The van der Waals surface area contributed by atoms with Gasteiger partial charge in [-0.05, 0) is 26.0 Å². The van der Waals surface area contributed by atoms with E-state index in [9.17, 15) is 4.79 Å². The Labute approximate surface area is 103 Å². The first-order chi connectivity index (χ1) is 8.66. The Morgan fingerprint density at radius 1 is 1.00 bits per heavy atom. The van der Waals surface area contributed by atoms with Gasteiger partial charge >= 0.3 is 5.56 Å². The standard InChI is InChI=1S/C13H12N4O/c1-9-3-5-11(6-4-9)17-8-7-16-10(2)14-15-12(16)13(17)18/h3-8H,1-2H3. The third-order valence-corrected chi connectivity index (χ3v) is 2.95. The summed E-state index contributed by atoms with van der Waals surface area (Å²) in [5.74, 6) is 0.707. The zero-order valence-corrected chi connectivity index (χ0v) is 10.2. The first-order valence-corrected chi connectivity index (χ1v) is 5.67. The Hall–Kier alpha value is -2.43. The van der Waals surface area contributed by atoms with Crippen molar-refractivity contribution in [1.82, 2.24) is 19.2 Å². The molecule has 0 radical (unpaired) electrons. The molecular formula is C13H12N4O. The van der Waals surface area contributed by atoms with Crippen LogP contribution in [0.5, 0.6) is 0 Å². The van der Waals surface area contributed by atoms with Gasteiger partial charge in [-0.15, -0.1) is 10.2 Å². The van der Waals surface area contributed by atoms with Crippen LogP contribution >= 0.6 is 0 Å². The van der Waals surface area contributed by atoms with Crippen molar-refractivity contribution >= 4 is 5.65 Å². The van der Waals surface area contributed by atoms with E-state index >= 15 is 0 Å². The van der Waals surface area contributed by atoms with Crippen molar-refractivity contribution in [2.24, 2.45) is 0 Å². The second-order valence-corrected chi connectivity index (χ2v) is 4.25. The molecule has 2 heterocycles. The molecule has 0 saturated heterocycles. The fourth-order valence-electron chi connectivity index (χ4n) is 1.91. The fourth-order valence-corrected chi connectivity index (χ4v) is 1.91. The maximum Gasteiger partial charge on any atom is 0.300 e. The van der Waals surface area contributed by atoms with Crippen LogP contribution in [-0.2, 0) is 0 Å². The third kappa shape index (κ3) is 1.52. The minimum atomic E-state index is -0.165. The van der Waals surface area contributed by atoms with Crippen LogP contribution < -0.4 is 5.56 Å². The predicted molar refractivity (Wildman–Crippen MR) is 68.1 cm³/mol. The van der Waals surface area contributed by atoms with Crippen LogP contribution in [-0.4, -0.2) is 19.2 Å². The maximum absolute atomic E-state index is 12.3. The molecule has 90 valence electrons. The van der Waals surface area contributed by atoms with Gasteiger partial charge in [0.15, 0.2) is 0 Å². The molecule has 2 aromatic heterocycles. The molecule has 0 N–H and O–H groups in total. The predicted octanol–water partition coefficient (Wildman–Crippen LogP) is 1.50. The van der Waals surface area contributed by atoms with Crippen LogP contribution in [0.3, 0.4) is 0 Å². The summed E-state index contributed by atoms with van der Waals surface area (Å²) in [5.41, 5.74) is 2.16. The molecule has 0 saturated carbocycles. The highest BCUT2D eigenvalue weighted by atomic mass is 16.1. The lowest BCUT2D eigenvalue weighted by molar-refractivity contribution is 0.936. The van der Waals surface area contributed by atoms with Crippen molar-refractivity contribution < 1.29 is 0 Å². The van der Waals surface area contributed by atoms with E-state index in [1.54, 1.807) is 21.4 Å². The largest absolute Gasteiger partial charge is 0.300 e. The molecule has 5 heteroatoms. The van der Waals surface area contributed by atoms with E-state index in [0.717, 1.165) is 11.3 Å². The third-order valence-electron chi connectivity index (χ3n) is 2.95. The lowest BCUT2D eigenvalue weighted by Gasteiger charge is -2.06. The molecule has 5 nitrogen and oxygen atoms in total. The van der Waals surface area contributed by atoms with Gasteiger partial charge in [0.25, 0.3) is 0 Å². The monoisotopic (exact) mass is 240 g/mol. The van der Waals surface area contributed by atoms with Crippen LogP contribution in [0.1, 0.15) is 11.4 Å². The summed E-state index contributed by atoms with van der Waals surface area (Å²) in [5, 5.41) is 7.81. The van der Waals surface area contributed by atoms with Crippen molar-refractivity contribution in [2.75, 3.05) is 0 Å². The SMILES string of the molecule is Cc1ccc(-n2ccn3c(C)nnc3c2=O)cc1. The average molecular weight is 240 g/mol. The van der Waals surface area contributed by atoms with Crippen LogP contribution in [0.4, 0.5) is 0 Å². The van der Waals surface area contributed by atoms with E-state index < -0.39 is 0 Å². The van der Waals surface area contributed by atoms with E-state index in [0.29, 0.717) is 11.5 Å². The number of rotatable bonds is 1. The number of fused-ring (bicyclic) bond motifs is 1. The highest BCUT2D eigenvalue weighted by Gasteiger charge is 2.08. The van der Waals surface area contributed by atoms with Crippen molar-refractivity contribution in [3.05, 3.63) is 58.4 Å². The second-order valence-electron chi connectivity index (χ2n) is 4.25. The van der Waals surface area contributed by atoms with Gasteiger partial charge < -0.3 is 0 Å². The molecule has 0 bridgehead atoms. The number of hydrogen-bond donors (Lipinski definition) is 0. The molecule has 3 aromatic rings. The Bertz CT molecular complexity index is 768. The summed E-state index contributed by atoms with van der Waals surface area (Å²) in [6, 6.07) is 7.77. The van der Waals surface area contributed by atoms with Gasteiger partial charge in [-0.25, -0.2) is 0 Å². The molecule has 1 aromatic carbocycles. The van der Waals surface area contributed by atoms with Crippen molar-refractivity contribution in [2.45, 2.75) is 13.8 Å². The minimum absolute atomic E-state index is 0.165. The van der Waals surface area contributed by atoms with Crippen molar-refractivity contribution in [3.8, 4) is 5.69 Å². The number of hydrogen-bond acceptors (Lipinski definition) is 3. The quantitative estimate of drug-likeness (QED) is 0.647. The fraction of sp³-hybridized carbons (Fsp3) is 0.154. The normalized spacial score (nSPS) is 11.0. The van der Waals surface area contributed by atoms with E-state index in [1.165, 1.54) is 0 Å². The molecule has 0 spiro atoms. The topological polar surface area (TPSA) is 52.2 Å². The van der Waals surface area contributed by atoms with Gasteiger partial charge in [0.1, 0.15) is 5.82 Å². The zero-order chi connectivity index (χ0) is 12.7. The molecule has 0 amide bonds. The van der Waals surface area contributed by atoms with Crippen molar-refractivity contribution in [3.63, 3.8) is 0 Å². The average Bonchev–Trinajstić information content (AvgIpc) is 2.74. The van der Waals surface area contributed by atoms with Gasteiger partial charge in [-0.1, -0.05) is 17.7 Å². The summed E-state index contributed by atoms with van der Waals surface area (Å²) in [7, 11) is 0. The van der Waals surface area contributed by atoms with Gasteiger partial charge in [0, 0.05) is 18.1 Å². The number of nitrogens with zero attached hydrogens (tertiary/aromatic N) is 4. The molecule has 0 atom stereocenters. The van der Waals surface area contributed by atoms with Crippen LogP contribution in [0.2, 0.25) is 0 Å². The Balaban J connectivity index is 2.27. The van der Waals surface area contributed by atoms with Gasteiger partial charge in [-0.3, -0.25) is 13.8 Å². The van der Waals surface area contributed by atoms with Gasteiger partial charge in [0.2, 0.25) is 5.65 Å². The molecule has 18 heavy (non-hydrogen) atoms. The smallest absolute Gasteiger partial charge is 0.281 e. The Morgan fingerprint density at radius 2 is 1.72 bits per heavy atom. The molecule has 0 aliphatic rings. The summed E-state index contributed by atoms with van der Waals surface area (Å²) >= 11 is 0. The van der Waals surface area contributed by atoms with Crippen LogP contribution in [0.15, 0.2) is 41.5 Å². The molecule has 0 aliphatic heterocycles. The summed E-state index contributed by atoms with van der Waals surface area (Å²) in [6.45, 7) is 3.83. The highest BCUT2D eigenvalue weighted by Crippen LogP contribution is 2.07. The molecule has 0 fully saturated rings. The van der Waals surface area contributed by atoms with Crippen LogP contribution in [0.25, 0.3) is 11.3 Å². The van der Waals surface area contributed by atoms with Crippen molar-refractivity contribution in [1.29, 1.82) is 0 Å². The lowest BCUT2D eigenvalue weighted by atomic mass is 10.2. The van der Waals surface area contributed by atoms with E-state index in [1.807, 2.05) is 38.1 Å². The van der Waals surface area contributed by atoms with Gasteiger partial charge in [-0.2, -0.15) is 0 Å². The second kappa shape index (κ2) is 3.80. The number of aromatic nitrogens is 4.